The molecule has 3 N–H and O–H groups in total. The average molecular weight is 278 g/mol. The van der Waals surface area contributed by atoms with Gasteiger partial charge in [0.25, 0.3) is 0 Å². The smallest absolute Gasteiger partial charge is 0.336 e. The highest BCUT2D eigenvalue weighted by Crippen LogP contribution is 2.15. The Hall–Kier alpha value is -2.04. The predicted molar refractivity (Wildman–Crippen MR) is 79.3 cm³/mol. The van der Waals surface area contributed by atoms with Gasteiger partial charge in [0.15, 0.2) is 0 Å². The van der Waals surface area contributed by atoms with E-state index < -0.39 is 5.97 Å². The molecule has 110 valence electrons. The molecule has 1 aromatic rings. The van der Waals surface area contributed by atoms with Gasteiger partial charge in [0.05, 0.1) is 5.56 Å². The number of carbonyl (C=O) groups is 2. The summed E-state index contributed by atoms with van der Waals surface area (Å²) in [5.74, 6) is -0.997. The van der Waals surface area contributed by atoms with E-state index in [9.17, 15) is 9.59 Å². The molecule has 5 nitrogen and oxygen atoms in total. The van der Waals surface area contributed by atoms with Crippen molar-refractivity contribution in [2.24, 2.45) is 0 Å². The van der Waals surface area contributed by atoms with Crippen molar-refractivity contribution in [2.45, 2.75) is 46.1 Å². The number of benzene rings is 1. The number of hydrogen-bond donors (Lipinski definition) is 3. The first-order valence-corrected chi connectivity index (χ1v) is 6.85. The molecule has 1 atom stereocenters. The molecule has 0 spiro atoms. The lowest BCUT2D eigenvalue weighted by Gasteiger charge is -2.14. The molecule has 0 aliphatic rings. The van der Waals surface area contributed by atoms with Gasteiger partial charge in [-0.25, -0.2) is 9.59 Å². The summed E-state index contributed by atoms with van der Waals surface area (Å²) in [5.41, 5.74) is 1.34. The molecule has 20 heavy (non-hydrogen) atoms. The zero-order chi connectivity index (χ0) is 15.1. The van der Waals surface area contributed by atoms with Crippen molar-refractivity contribution in [3.63, 3.8) is 0 Å². The van der Waals surface area contributed by atoms with Crippen LogP contribution in [0.25, 0.3) is 0 Å². The molecule has 0 aliphatic heterocycles. The molecule has 1 aromatic carbocycles. The van der Waals surface area contributed by atoms with Crippen LogP contribution in [-0.4, -0.2) is 23.1 Å². The van der Waals surface area contributed by atoms with Gasteiger partial charge in [0.2, 0.25) is 0 Å². The Morgan fingerprint density at radius 2 is 2.05 bits per heavy atom. The van der Waals surface area contributed by atoms with Crippen LogP contribution in [0, 0.1) is 6.92 Å². The summed E-state index contributed by atoms with van der Waals surface area (Å²) in [4.78, 5) is 22.8. The fourth-order valence-electron chi connectivity index (χ4n) is 1.90. The van der Waals surface area contributed by atoms with Crippen molar-refractivity contribution in [3.05, 3.63) is 29.3 Å². The van der Waals surface area contributed by atoms with Gasteiger partial charge < -0.3 is 15.7 Å². The summed E-state index contributed by atoms with van der Waals surface area (Å²) in [6, 6.07) is 4.62. The lowest BCUT2D eigenvalue weighted by molar-refractivity contribution is 0.0696. The van der Waals surface area contributed by atoms with E-state index >= 15 is 0 Å². The highest BCUT2D eigenvalue weighted by molar-refractivity contribution is 5.94. The molecule has 2 amide bonds. The third kappa shape index (κ3) is 4.91. The van der Waals surface area contributed by atoms with Crippen LogP contribution >= 0.6 is 0 Å². The first kappa shape index (κ1) is 16.0. The van der Waals surface area contributed by atoms with Crippen LogP contribution in [0.4, 0.5) is 10.5 Å². The largest absolute Gasteiger partial charge is 0.478 e. The maximum atomic E-state index is 11.8. The zero-order valence-electron chi connectivity index (χ0n) is 12.2. The molecule has 0 saturated carbocycles. The molecule has 0 radical (unpaired) electrons. The van der Waals surface area contributed by atoms with E-state index in [2.05, 4.69) is 17.6 Å². The van der Waals surface area contributed by atoms with Gasteiger partial charge in [-0.3, -0.25) is 0 Å². The van der Waals surface area contributed by atoms with Crippen molar-refractivity contribution in [3.8, 4) is 0 Å². The Bertz CT molecular complexity index is 486. The molecule has 0 bridgehead atoms. The van der Waals surface area contributed by atoms with Gasteiger partial charge in [-0.1, -0.05) is 25.8 Å². The van der Waals surface area contributed by atoms with Crippen LogP contribution in [0.2, 0.25) is 0 Å². The van der Waals surface area contributed by atoms with E-state index in [1.54, 1.807) is 19.1 Å². The summed E-state index contributed by atoms with van der Waals surface area (Å²) < 4.78 is 0. The maximum absolute atomic E-state index is 11.8. The number of unbranched alkanes of at least 4 members (excludes halogenated alkanes) is 1. The topological polar surface area (TPSA) is 78.4 Å². The first-order valence-electron chi connectivity index (χ1n) is 6.85. The number of aryl methyl sites for hydroxylation is 1. The number of hydrogen-bond acceptors (Lipinski definition) is 2. The molecule has 0 aliphatic carbocycles. The van der Waals surface area contributed by atoms with Crippen LogP contribution < -0.4 is 10.6 Å². The highest BCUT2D eigenvalue weighted by atomic mass is 16.4. The molecular weight excluding hydrogens is 256 g/mol. The van der Waals surface area contributed by atoms with Gasteiger partial charge in [-0.05, 0) is 38.0 Å². The number of urea groups is 1. The van der Waals surface area contributed by atoms with Crippen molar-refractivity contribution in [1.29, 1.82) is 0 Å². The normalized spacial score (nSPS) is 11.8. The van der Waals surface area contributed by atoms with Gasteiger partial charge >= 0.3 is 12.0 Å². The van der Waals surface area contributed by atoms with Gasteiger partial charge in [0.1, 0.15) is 0 Å². The second-order valence-corrected chi connectivity index (χ2v) is 4.98. The third-order valence-electron chi connectivity index (χ3n) is 3.09. The summed E-state index contributed by atoms with van der Waals surface area (Å²) in [7, 11) is 0. The number of carboxylic acids is 1. The van der Waals surface area contributed by atoms with Crippen molar-refractivity contribution < 1.29 is 14.7 Å². The fourth-order valence-corrected chi connectivity index (χ4v) is 1.90. The van der Waals surface area contributed by atoms with Gasteiger partial charge in [-0.2, -0.15) is 0 Å². The molecule has 1 unspecified atom stereocenters. The summed E-state index contributed by atoms with van der Waals surface area (Å²) in [6.07, 6.45) is 3.08. The third-order valence-corrected chi connectivity index (χ3v) is 3.09. The first-order chi connectivity index (χ1) is 9.43. The van der Waals surface area contributed by atoms with E-state index in [1.807, 2.05) is 6.92 Å². The lowest BCUT2D eigenvalue weighted by atomic mass is 10.1. The molecule has 1 rings (SSSR count). The van der Waals surface area contributed by atoms with E-state index in [-0.39, 0.29) is 17.6 Å². The standard InChI is InChI=1S/C15H22N2O3/c1-4-5-6-11(3)16-15(20)17-12-8-7-10(2)13(9-12)14(18)19/h7-9,11H,4-6H2,1-3H3,(H,18,19)(H2,16,17,20). The summed E-state index contributed by atoms with van der Waals surface area (Å²) >= 11 is 0. The number of carbonyl (C=O) groups excluding carboxylic acids is 1. The molecule has 5 heteroatoms. The van der Waals surface area contributed by atoms with Crippen molar-refractivity contribution in [2.75, 3.05) is 5.32 Å². The van der Waals surface area contributed by atoms with Crippen LogP contribution in [-0.2, 0) is 0 Å². The molecule has 0 fully saturated rings. The Morgan fingerprint density at radius 3 is 2.65 bits per heavy atom. The van der Waals surface area contributed by atoms with Crippen molar-refractivity contribution >= 4 is 17.7 Å². The number of amides is 2. The zero-order valence-corrected chi connectivity index (χ0v) is 12.2. The second-order valence-electron chi connectivity index (χ2n) is 4.98. The Morgan fingerprint density at radius 1 is 1.35 bits per heavy atom. The fraction of sp³-hybridized carbons (Fsp3) is 0.467. The SMILES string of the molecule is CCCCC(C)NC(=O)Nc1ccc(C)c(C(=O)O)c1. The number of aromatic carboxylic acids is 1. The van der Waals surface area contributed by atoms with Gasteiger partial charge in [-0.15, -0.1) is 0 Å². The molecule has 0 heterocycles. The molecule has 0 saturated heterocycles. The van der Waals surface area contributed by atoms with Crippen LogP contribution in [0.3, 0.4) is 0 Å². The highest BCUT2D eigenvalue weighted by Gasteiger charge is 2.10. The van der Waals surface area contributed by atoms with Crippen molar-refractivity contribution in [1.82, 2.24) is 5.32 Å². The Kier molecular flexibility index (Phi) is 6.03. The maximum Gasteiger partial charge on any atom is 0.336 e. The number of nitrogens with one attached hydrogen (secondary N) is 2. The van der Waals surface area contributed by atoms with Gasteiger partial charge in [0, 0.05) is 11.7 Å². The van der Waals surface area contributed by atoms with E-state index in [4.69, 9.17) is 5.11 Å². The van der Waals surface area contributed by atoms with Crippen LogP contribution in [0.5, 0.6) is 0 Å². The van der Waals surface area contributed by atoms with E-state index in [1.165, 1.54) is 6.07 Å². The van der Waals surface area contributed by atoms with Crippen LogP contribution in [0.1, 0.15) is 49.0 Å². The quantitative estimate of drug-likeness (QED) is 0.746. The average Bonchev–Trinajstić information content (AvgIpc) is 2.38. The Balaban J connectivity index is 2.62. The van der Waals surface area contributed by atoms with E-state index in [0.717, 1.165) is 19.3 Å². The number of carboxylic acid groups (broad SMARTS) is 1. The Labute approximate surface area is 119 Å². The summed E-state index contributed by atoms with van der Waals surface area (Å²) in [5, 5.41) is 14.5. The molecule has 0 aromatic heterocycles. The minimum atomic E-state index is -0.997. The minimum absolute atomic E-state index is 0.0966. The molecular formula is C15H22N2O3. The van der Waals surface area contributed by atoms with E-state index in [0.29, 0.717) is 11.3 Å². The van der Waals surface area contributed by atoms with Crippen LogP contribution in [0.15, 0.2) is 18.2 Å². The second kappa shape index (κ2) is 7.53. The number of anilines is 1. The lowest BCUT2D eigenvalue weighted by Crippen LogP contribution is -2.36. The number of rotatable bonds is 6. The minimum Gasteiger partial charge on any atom is -0.478 e. The summed E-state index contributed by atoms with van der Waals surface area (Å²) in [6.45, 7) is 5.78. The predicted octanol–water partition coefficient (Wildman–Crippen LogP) is 3.39. The monoisotopic (exact) mass is 278 g/mol.